The Balaban J connectivity index is 0.000000606. The van der Waals surface area contributed by atoms with Crippen molar-refractivity contribution in [1.82, 2.24) is 0 Å². The predicted octanol–water partition coefficient (Wildman–Crippen LogP) is 0.0512. The molecule has 7 heteroatoms. The van der Waals surface area contributed by atoms with E-state index in [9.17, 15) is 0 Å². The Morgan fingerprint density at radius 1 is 0.448 bits per heavy atom. The smallest absolute Gasteiger partial charge is 0.377 e. The van der Waals surface area contributed by atoms with E-state index in [1.807, 2.05) is 0 Å². The van der Waals surface area contributed by atoms with E-state index in [4.69, 9.17) is 28.4 Å². The molecule has 0 amide bonds. The Hall–Kier alpha value is 0.746. The molecule has 1 aliphatic rings. The molecule has 0 saturated carbocycles. The fraction of sp³-hybridized carbons (Fsp3) is 0.773. The van der Waals surface area contributed by atoms with E-state index < -0.39 is 0 Å². The summed E-state index contributed by atoms with van der Waals surface area (Å²) >= 11 is 0. The van der Waals surface area contributed by atoms with Crippen LogP contribution in [0.5, 0.6) is 0 Å². The van der Waals surface area contributed by atoms with Gasteiger partial charge in [0.15, 0.2) is 0 Å². The average molecular weight is 439 g/mol. The summed E-state index contributed by atoms with van der Waals surface area (Å²) in [5.74, 6) is 0. The van der Waals surface area contributed by atoms with E-state index in [-0.39, 0.29) is 51.4 Å². The zero-order chi connectivity index (χ0) is 20.6. The summed E-state index contributed by atoms with van der Waals surface area (Å²) in [6, 6.07) is 0. The zero-order valence-electron chi connectivity index (χ0n) is 19.4. The van der Waals surface area contributed by atoms with E-state index in [0.29, 0.717) is 79.3 Å². The Bertz CT molecular complexity index is 363. The van der Waals surface area contributed by atoms with Crippen LogP contribution in [-0.2, 0) is 28.4 Å². The maximum Gasteiger partial charge on any atom is 1.00 e. The van der Waals surface area contributed by atoms with E-state index in [1.54, 1.807) is 0 Å². The SMILES string of the molecule is C1COCCOCCOCCOCCOCCO1.Cc1c(C)c(C)[c-](C)c1C.[K+]. The number of rotatable bonds is 0. The Morgan fingerprint density at radius 2 is 0.621 bits per heavy atom. The van der Waals surface area contributed by atoms with Gasteiger partial charge in [-0.05, 0) is 0 Å². The molecule has 0 radical (unpaired) electrons. The Labute approximate surface area is 219 Å². The number of hydrogen-bond donors (Lipinski definition) is 0. The van der Waals surface area contributed by atoms with Crippen LogP contribution in [0.1, 0.15) is 27.8 Å². The summed E-state index contributed by atoms with van der Waals surface area (Å²) in [5.41, 5.74) is 7.34. The minimum atomic E-state index is 0. The third-order valence-corrected chi connectivity index (χ3v) is 5.04. The van der Waals surface area contributed by atoms with Crippen molar-refractivity contribution in [2.45, 2.75) is 34.6 Å². The van der Waals surface area contributed by atoms with Gasteiger partial charge < -0.3 is 28.4 Å². The summed E-state index contributed by atoms with van der Waals surface area (Å²) in [5, 5.41) is 0. The van der Waals surface area contributed by atoms with Crippen molar-refractivity contribution in [2.24, 2.45) is 0 Å². The number of ether oxygens (including phenoxy) is 6. The monoisotopic (exact) mass is 438 g/mol. The molecule has 6 nitrogen and oxygen atoms in total. The van der Waals surface area contributed by atoms with Gasteiger partial charge in [-0.3, -0.25) is 0 Å². The van der Waals surface area contributed by atoms with Gasteiger partial charge in [-0.25, -0.2) is 0 Å². The fourth-order valence-corrected chi connectivity index (χ4v) is 2.73. The summed E-state index contributed by atoms with van der Waals surface area (Å²) in [6.07, 6.45) is 0. The molecule has 0 spiro atoms. The zero-order valence-corrected chi connectivity index (χ0v) is 22.6. The van der Waals surface area contributed by atoms with Gasteiger partial charge in [0.25, 0.3) is 0 Å². The standard InChI is InChI=1S/C12H24O6.C10H15.K/c1-2-14-5-6-16-9-10-18-12-11-17-8-7-15-4-3-13-1;1-6-7(2)9(4)10(5)8(6)3;/h1-12H2;1-5H3;/q;-1;+1. The molecule has 1 fully saturated rings. The molecular weight excluding hydrogens is 399 g/mol. The molecule has 1 aromatic rings. The summed E-state index contributed by atoms with van der Waals surface area (Å²) < 4.78 is 32.0. The Kier molecular flexibility index (Phi) is 19.9. The van der Waals surface area contributed by atoms with Gasteiger partial charge >= 0.3 is 51.4 Å². The molecule has 0 aliphatic carbocycles. The molecule has 1 aliphatic heterocycles. The van der Waals surface area contributed by atoms with Crippen LogP contribution in [-0.4, -0.2) is 79.3 Å². The normalized spacial score (nSPS) is 18.5. The Morgan fingerprint density at radius 3 is 0.724 bits per heavy atom. The first-order chi connectivity index (χ1) is 13.6. The first-order valence-electron chi connectivity index (χ1n) is 10.2. The van der Waals surface area contributed by atoms with Gasteiger partial charge in [0, 0.05) is 0 Å². The molecule has 0 atom stereocenters. The number of hydrogen-bond acceptors (Lipinski definition) is 6. The van der Waals surface area contributed by atoms with Gasteiger partial charge in [0.2, 0.25) is 0 Å². The van der Waals surface area contributed by atoms with Crippen molar-refractivity contribution in [1.29, 1.82) is 0 Å². The molecule has 29 heavy (non-hydrogen) atoms. The van der Waals surface area contributed by atoms with Crippen LogP contribution in [0.3, 0.4) is 0 Å². The van der Waals surface area contributed by atoms with Crippen LogP contribution >= 0.6 is 0 Å². The van der Waals surface area contributed by atoms with Crippen LogP contribution in [0.2, 0.25) is 0 Å². The first-order valence-corrected chi connectivity index (χ1v) is 10.2. The van der Waals surface area contributed by atoms with E-state index in [2.05, 4.69) is 34.6 Å². The van der Waals surface area contributed by atoms with Gasteiger partial charge in [-0.1, -0.05) is 34.6 Å². The molecule has 0 aromatic heterocycles. The van der Waals surface area contributed by atoms with Crippen LogP contribution in [0, 0.1) is 34.6 Å². The summed E-state index contributed by atoms with van der Waals surface area (Å²) in [7, 11) is 0. The topological polar surface area (TPSA) is 55.4 Å². The van der Waals surface area contributed by atoms with Gasteiger partial charge in [-0.2, -0.15) is 27.8 Å². The molecule has 0 bridgehead atoms. The minimum absolute atomic E-state index is 0. The van der Waals surface area contributed by atoms with Crippen molar-refractivity contribution in [3.05, 3.63) is 27.8 Å². The molecule has 2 rings (SSSR count). The molecule has 164 valence electrons. The van der Waals surface area contributed by atoms with Crippen molar-refractivity contribution >= 4 is 0 Å². The van der Waals surface area contributed by atoms with Crippen molar-refractivity contribution < 1.29 is 79.8 Å². The third kappa shape index (κ3) is 13.7. The fourth-order valence-electron chi connectivity index (χ4n) is 2.73. The van der Waals surface area contributed by atoms with E-state index >= 15 is 0 Å². The van der Waals surface area contributed by atoms with Gasteiger partial charge in [-0.15, -0.1) is 0 Å². The molecular formula is C22H39KO6. The average Bonchev–Trinajstić information content (AvgIpc) is 2.86. The van der Waals surface area contributed by atoms with Crippen molar-refractivity contribution in [3.63, 3.8) is 0 Å². The molecule has 1 aromatic carbocycles. The second kappa shape index (κ2) is 19.4. The van der Waals surface area contributed by atoms with Crippen LogP contribution in [0.25, 0.3) is 0 Å². The van der Waals surface area contributed by atoms with Crippen LogP contribution < -0.4 is 51.4 Å². The van der Waals surface area contributed by atoms with Crippen LogP contribution in [0.15, 0.2) is 0 Å². The minimum Gasteiger partial charge on any atom is -0.377 e. The van der Waals surface area contributed by atoms with E-state index in [0.717, 1.165) is 0 Å². The van der Waals surface area contributed by atoms with Crippen LogP contribution in [0.4, 0.5) is 0 Å². The third-order valence-electron chi connectivity index (χ3n) is 5.04. The summed E-state index contributed by atoms with van der Waals surface area (Å²) in [4.78, 5) is 0. The quantitative estimate of drug-likeness (QED) is 0.422. The predicted molar refractivity (Wildman–Crippen MR) is 111 cm³/mol. The largest absolute Gasteiger partial charge is 1.00 e. The van der Waals surface area contributed by atoms with E-state index in [1.165, 1.54) is 27.8 Å². The molecule has 1 heterocycles. The second-order valence-corrected chi connectivity index (χ2v) is 6.80. The maximum absolute atomic E-state index is 5.33. The van der Waals surface area contributed by atoms with Gasteiger partial charge in [0.1, 0.15) is 0 Å². The second-order valence-electron chi connectivity index (χ2n) is 6.80. The van der Waals surface area contributed by atoms with Gasteiger partial charge in [0.05, 0.1) is 79.3 Å². The molecule has 0 unspecified atom stereocenters. The molecule has 1 saturated heterocycles. The van der Waals surface area contributed by atoms with Crippen molar-refractivity contribution in [3.8, 4) is 0 Å². The maximum atomic E-state index is 5.33. The molecule has 0 N–H and O–H groups in total. The van der Waals surface area contributed by atoms with Crippen molar-refractivity contribution in [2.75, 3.05) is 79.3 Å². The first kappa shape index (κ1) is 29.7. The summed E-state index contributed by atoms with van der Waals surface area (Å²) in [6.45, 7) is 18.0.